The largest absolute Gasteiger partial charge is 0.391 e. The van der Waals surface area contributed by atoms with Gasteiger partial charge in [0.15, 0.2) is 0 Å². The second-order valence-corrected chi connectivity index (χ2v) is 5.46. The molecular weight excluding hydrogens is 192 g/mol. The third kappa shape index (κ3) is 3.47. The van der Waals surface area contributed by atoms with Crippen molar-refractivity contribution in [2.75, 3.05) is 13.1 Å². The number of likely N-dealkylation sites (tertiary alicyclic amines) is 1. The van der Waals surface area contributed by atoms with Gasteiger partial charge in [0.2, 0.25) is 5.91 Å². The number of nitrogens with two attached hydrogens (primary N) is 1. The van der Waals surface area contributed by atoms with Crippen molar-refractivity contribution in [3.05, 3.63) is 0 Å². The van der Waals surface area contributed by atoms with Crippen molar-refractivity contribution in [1.29, 1.82) is 0 Å². The van der Waals surface area contributed by atoms with E-state index in [1.54, 1.807) is 4.90 Å². The fourth-order valence-corrected chi connectivity index (χ4v) is 1.59. The third-order valence-corrected chi connectivity index (χ3v) is 3.02. The van der Waals surface area contributed by atoms with Gasteiger partial charge in [0.1, 0.15) is 0 Å². The molecule has 0 spiro atoms. The maximum Gasteiger partial charge on any atom is 0.224 e. The molecule has 1 aliphatic heterocycles. The molecule has 88 valence electrons. The monoisotopic (exact) mass is 214 g/mol. The molecule has 4 heteroatoms. The van der Waals surface area contributed by atoms with Crippen molar-refractivity contribution >= 4 is 5.91 Å². The van der Waals surface area contributed by atoms with Crippen LogP contribution in [0.4, 0.5) is 0 Å². The van der Waals surface area contributed by atoms with Crippen molar-refractivity contribution in [2.24, 2.45) is 11.1 Å². The lowest BCUT2D eigenvalue weighted by Gasteiger charge is -2.28. The van der Waals surface area contributed by atoms with Crippen LogP contribution in [0.1, 0.15) is 33.6 Å². The summed E-state index contributed by atoms with van der Waals surface area (Å²) in [6.07, 6.45) is 0.715. The van der Waals surface area contributed by atoms with Crippen LogP contribution < -0.4 is 5.73 Å². The summed E-state index contributed by atoms with van der Waals surface area (Å²) in [5, 5.41) is 9.32. The lowest BCUT2D eigenvalue weighted by molar-refractivity contribution is -0.131. The van der Waals surface area contributed by atoms with E-state index in [4.69, 9.17) is 5.73 Å². The van der Waals surface area contributed by atoms with Gasteiger partial charge in [-0.25, -0.2) is 0 Å². The lowest BCUT2D eigenvalue weighted by atomic mass is 9.85. The number of aliphatic hydroxyl groups excluding tert-OH is 1. The van der Waals surface area contributed by atoms with Gasteiger partial charge < -0.3 is 15.7 Å². The normalized spacial score (nSPS) is 24.3. The van der Waals surface area contributed by atoms with Crippen LogP contribution in [0.3, 0.4) is 0 Å². The van der Waals surface area contributed by atoms with E-state index in [-0.39, 0.29) is 23.5 Å². The van der Waals surface area contributed by atoms with Gasteiger partial charge in [0, 0.05) is 25.6 Å². The highest BCUT2D eigenvalue weighted by molar-refractivity contribution is 5.77. The Bertz CT molecular complexity index is 235. The number of carbonyl (C=O) groups excluding carboxylic acids is 1. The van der Waals surface area contributed by atoms with Gasteiger partial charge in [-0.1, -0.05) is 20.8 Å². The number of β-amino-alcohol motifs (C(OH)–C–C–N with tert-alkyl or cyclic N) is 1. The predicted molar refractivity (Wildman–Crippen MR) is 59.3 cm³/mol. The second-order valence-electron chi connectivity index (χ2n) is 5.46. The Kier molecular flexibility index (Phi) is 3.73. The molecule has 1 unspecified atom stereocenters. The fourth-order valence-electron chi connectivity index (χ4n) is 1.59. The Balaban J connectivity index is 2.42. The van der Waals surface area contributed by atoms with E-state index < -0.39 is 0 Å². The molecule has 1 rings (SSSR count). The summed E-state index contributed by atoms with van der Waals surface area (Å²) < 4.78 is 0. The maximum absolute atomic E-state index is 11.8. The molecule has 0 aromatic carbocycles. The van der Waals surface area contributed by atoms with E-state index >= 15 is 0 Å². The summed E-state index contributed by atoms with van der Waals surface area (Å²) in [4.78, 5) is 13.5. The quantitative estimate of drug-likeness (QED) is 0.696. The Morgan fingerprint density at radius 2 is 2.20 bits per heavy atom. The van der Waals surface area contributed by atoms with Gasteiger partial charge in [0.25, 0.3) is 0 Å². The van der Waals surface area contributed by atoms with E-state index in [0.717, 1.165) is 0 Å². The Morgan fingerprint density at radius 3 is 2.60 bits per heavy atom. The van der Waals surface area contributed by atoms with Crippen LogP contribution in [0.15, 0.2) is 0 Å². The molecule has 0 aromatic heterocycles. The zero-order valence-electron chi connectivity index (χ0n) is 9.86. The van der Waals surface area contributed by atoms with Crippen molar-refractivity contribution < 1.29 is 9.90 Å². The van der Waals surface area contributed by atoms with Gasteiger partial charge >= 0.3 is 0 Å². The molecule has 1 aliphatic rings. The third-order valence-electron chi connectivity index (χ3n) is 3.02. The first-order valence-electron chi connectivity index (χ1n) is 5.52. The van der Waals surface area contributed by atoms with Crippen molar-refractivity contribution in [3.8, 4) is 0 Å². The highest BCUT2D eigenvalue weighted by Gasteiger charge is 2.29. The fraction of sp³-hybridized carbons (Fsp3) is 0.909. The van der Waals surface area contributed by atoms with E-state index in [1.807, 2.05) is 20.8 Å². The molecule has 0 bridgehead atoms. The molecule has 15 heavy (non-hydrogen) atoms. The molecular formula is C11H22N2O2. The predicted octanol–water partition coefficient (Wildman–Crippen LogP) is 0.343. The summed E-state index contributed by atoms with van der Waals surface area (Å²) in [7, 11) is 0. The van der Waals surface area contributed by atoms with E-state index in [0.29, 0.717) is 25.9 Å². The van der Waals surface area contributed by atoms with E-state index in [2.05, 4.69) is 0 Å². The maximum atomic E-state index is 11.8. The molecule has 3 N–H and O–H groups in total. The van der Waals surface area contributed by atoms with Gasteiger partial charge in [-0.2, -0.15) is 0 Å². The Hall–Kier alpha value is -0.610. The number of nitrogens with zero attached hydrogens (tertiary/aromatic N) is 1. The van der Waals surface area contributed by atoms with E-state index in [9.17, 15) is 9.90 Å². The Labute approximate surface area is 91.4 Å². The second kappa shape index (κ2) is 4.49. The van der Waals surface area contributed by atoms with Crippen molar-refractivity contribution in [2.45, 2.75) is 45.8 Å². The number of rotatable bonds is 2. The molecule has 0 saturated carbocycles. The first-order chi connectivity index (χ1) is 6.80. The Morgan fingerprint density at radius 1 is 1.60 bits per heavy atom. The number of carbonyl (C=O) groups is 1. The number of aliphatic hydroxyl groups is 1. The first kappa shape index (κ1) is 12.5. The summed E-state index contributed by atoms with van der Waals surface area (Å²) in [6.45, 7) is 7.23. The molecule has 1 heterocycles. The summed E-state index contributed by atoms with van der Waals surface area (Å²) in [5.74, 6) is 0.0639. The average Bonchev–Trinajstić information content (AvgIpc) is 2.50. The highest BCUT2D eigenvalue weighted by Crippen LogP contribution is 2.21. The van der Waals surface area contributed by atoms with Gasteiger partial charge in [-0.3, -0.25) is 4.79 Å². The van der Waals surface area contributed by atoms with Crippen LogP contribution in [0.2, 0.25) is 0 Å². The van der Waals surface area contributed by atoms with Gasteiger partial charge in [-0.05, 0) is 11.8 Å². The molecule has 0 aromatic rings. The molecule has 2 atom stereocenters. The zero-order valence-corrected chi connectivity index (χ0v) is 9.86. The van der Waals surface area contributed by atoms with Crippen molar-refractivity contribution in [3.63, 3.8) is 0 Å². The van der Waals surface area contributed by atoms with Crippen LogP contribution in [-0.4, -0.2) is 41.1 Å². The van der Waals surface area contributed by atoms with Crippen LogP contribution in [-0.2, 0) is 4.79 Å². The smallest absolute Gasteiger partial charge is 0.224 e. The molecule has 4 nitrogen and oxygen atoms in total. The molecule has 1 fully saturated rings. The van der Waals surface area contributed by atoms with Crippen LogP contribution >= 0.6 is 0 Å². The van der Waals surface area contributed by atoms with Crippen LogP contribution in [0, 0.1) is 5.41 Å². The average molecular weight is 214 g/mol. The number of hydrogen-bond acceptors (Lipinski definition) is 3. The van der Waals surface area contributed by atoms with Gasteiger partial charge in [-0.15, -0.1) is 0 Å². The standard InChI is InChI=1S/C11H22N2O2/c1-11(2,3)9(12)6-10(15)13-5-4-8(14)7-13/h8-9,14H,4-7,12H2,1-3H3/t8-,9?/m0/s1. The molecule has 1 saturated heterocycles. The summed E-state index contributed by atoms with van der Waals surface area (Å²) >= 11 is 0. The minimum Gasteiger partial charge on any atom is -0.391 e. The topological polar surface area (TPSA) is 66.6 Å². The van der Waals surface area contributed by atoms with Crippen molar-refractivity contribution in [1.82, 2.24) is 4.90 Å². The first-order valence-corrected chi connectivity index (χ1v) is 5.52. The van der Waals surface area contributed by atoms with Crippen LogP contribution in [0.25, 0.3) is 0 Å². The minimum absolute atomic E-state index is 0.0476. The summed E-state index contributed by atoms with van der Waals surface area (Å²) in [6, 6.07) is -0.122. The SMILES string of the molecule is CC(C)(C)C(N)CC(=O)N1CC[C@H](O)C1. The molecule has 1 amide bonds. The number of amides is 1. The molecule has 0 radical (unpaired) electrons. The number of hydrogen-bond donors (Lipinski definition) is 2. The molecule has 0 aliphatic carbocycles. The zero-order chi connectivity index (χ0) is 11.6. The highest BCUT2D eigenvalue weighted by atomic mass is 16.3. The minimum atomic E-state index is -0.347. The summed E-state index contributed by atoms with van der Waals surface area (Å²) in [5.41, 5.74) is 5.90. The van der Waals surface area contributed by atoms with E-state index in [1.165, 1.54) is 0 Å². The van der Waals surface area contributed by atoms with Crippen LogP contribution in [0.5, 0.6) is 0 Å². The van der Waals surface area contributed by atoms with Gasteiger partial charge in [0.05, 0.1) is 6.10 Å². The lowest BCUT2D eigenvalue weighted by Crippen LogP contribution is -2.41.